The summed E-state index contributed by atoms with van der Waals surface area (Å²) in [6, 6.07) is 11.5. The lowest BCUT2D eigenvalue weighted by Crippen LogP contribution is -2.50. The third kappa shape index (κ3) is 13.5. The number of alkyl carbamates (subject to hydrolysis) is 1. The number of esters is 1. The molecule has 3 aromatic rings. The van der Waals surface area contributed by atoms with E-state index in [0.29, 0.717) is 31.9 Å². The standard InChI is InChI=1S/C47H57F2N7O11/c1-29(65-30(2)57)44(61)56(42(32-16-21-64-22-17-32)43-52-37(35-23-34(48)11-12-36(35)49)27-53(43)24-31-9-7-6-8-10-31)26-33-25-54(46(63)67-47(3,4)5)28-38(33)66-45(62)51-18-15-39(58)50-19-20-55-40(59)13-14-41(55)60/h6-14,23,27,29,32-33,38,42H,15-22,24-26,28H2,1-5H3,(H,50,58)(H,51,62)/t29-,33-,38+,42+/m0/s1. The molecule has 0 spiro atoms. The summed E-state index contributed by atoms with van der Waals surface area (Å²) in [5.41, 5.74) is -0.0292. The number of carbonyl (C=O) groups excluding carboxylic acids is 7. The van der Waals surface area contributed by atoms with Crippen molar-refractivity contribution in [1.29, 1.82) is 0 Å². The molecule has 2 N–H and O–H groups in total. The summed E-state index contributed by atoms with van der Waals surface area (Å²) in [5, 5.41) is 5.15. The monoisotopic (exact) mass is 933 g/mol. The first-order chi connectivity index (χ1) is 31.9. The summed E-state index contributed by atoms with van der Waals surface area (Å²) in [5.74, 6) is -4.95. The molecule has 0 unspecified atom stereocenters. The third-order valence-electron chi connectivity index (χ3n) is 11.4. The molecule has 0 saturated carbocycles. The van der Waals surface area contributed by atoms with Crippen LogP contribution in [-0.4, -0.2) is 136 Å². The van der Waals surface area contributed by atoms with Crippen LogP contribution in [0.1, 0.15) is 71.3 Å². The molecule has 4 atom stereocenters. The van der Waals surface area contributed by atoms with E-state index in [1.165, 1.54) is 23.6 Å². The lowest BCUT2D eigenvalue weighted by Gasteiger charge is -2.41. The van der Waals surface area contributed by atoms with Crippen LogP contribution in [-0.2, 0) is 49.5 Å². The van der Waals surface area contributed by atoms with Crippen molar-refractivity contribution in [2.24, 2.45) is 11.8 Å². The molecular weight excluding hydrogens is 877 g/mol. The summed E-state index contributed by atoms with van der Waals surface area (Å²) in [6.45, 7) is 8.08. The molecule has 360 valence electrons. The fourth-order valence-electron chi connectivity index (χ4n) is 8.29. The second kappa shape index (κ2) is 22.2. The van der Waals surface area contributed by atoms with E-state index < -0.39 is 83.2 Å². The molecule has 2 aromatic carbocycles. The Kier molecular flexibility index (Phi) is 16.5. The van der Waals surface area contributed by atoms with Crippen molar-refractivity contribution in [3.05, 3.63) is 89.9 Å². The van der Waals surface area contributed by atoms with Gasteiger partial charge in [0, 0.05) is 95.7 Å². The maximum absolute atomic E-state index is 15.5. The van der Waals surface area contributed by atoms with Crippen LogP contribution < -0.4 is 10.6 Å². The van der Waals surface area contributed by atoms with Gasteiger partial charge in [0.25, 0.3) is 17.7 Å². The quantitative estimate of drug-likeness (QED) is 0.109. The van der Waals surface area contributed by atoms with Crippen molar-refractivity contribution in [3.8, 4) is 11.3 Å². The van der Waals surface area contributed by atoms with E-state index in [1.807, 2.05) is 30.3 Å². The van der Waals surface area contributed by atoms with Crippen LogP contribution in [0.15, 0.2) is 66.9 Å². The van der Waals surface area contributed by atoms with E-state index in [4.69, 9.17) is 23.9 Å². The predicted molar refractivity (Wildman–Crippen MR) is 235 cm³/mol. The normalized spacial score (nSPS) is 18.4. The van der Waals surface area contributed by atoms with Gasteiger partial charge in [-0.3, -0.25) is 28.9 Å². The minimum absolute atomic E-state index is 0.00235. The molecule has 20 heteroatoms. The lowest BCUT2D eigenvalue weighted by molar-refractivity contribution is -0.160. The van der Waals surface area contributed by atoms with Gasteiger partial charge < -0.3 is 43.9 Å². The molecule has 2 fully saturated rings. The van der Waals surface area contributed by atoms with E-state index in [-0.39, 0.29) is 69.4 Å². The Bertz CT molecular complexity index is 2310. The molecular formula is C47H57F2N7O11. The number of rotatable bonds is 17. The third-order valence-corrected chi connectivity index (χ3v) is 11.4. The van der Waals surface area contributed by atoms with Gasteiger partial charge in [-0.25, -0.2) is 23.4 Å². The fourth-order valence-corrected chi connectivity index (χ4v) is 8.29. The van der Waals surface area contributed by atoms with Crippen molar-refractivity contribution < 1.29 is 61.3 Å². The number of benzene rings is 2. The molecule has 2 saturated heterocycles. The minimum atomic E-state index is -1.32. The second-order valence-electron chi connectivity index (χ2n) is 17.6. The first-order valence-corrected chi connectivity index (χ1v) is 22.2. The van der Waals surface area contributed by atoms with E-state index >= 15 is 4.39 Å². The van der Waals surface area contributed by atoms with Crippen molar-refractivity contribution in [2.75, 3.05) is 52.5 Å². The number of imide groups is 1. The van der Waals surface area contributed by atoms with Crippen LogP contribution in [0.3, 0.4) is 0 Å². The number of nitrogens with zero attached hydrogens (tertiary/aromatic N) is 5. The number of amides is 6. The van der Waals surface area contributed by atoms with Gasteiger partial charge in [0.2, 0.25) is 5.91 Å². The fraction of sp³-hybridized carbons (Fsp3) is 0.489. The SMILES string of the molecule is CC(=O)O[C@@H](C)C(=O)N(C[C@@H]1CN(C(=O)OC(C)(C)C)C[C@H]1OC(=O)NCCC(=O)NCCN1C(=O)C=CC1=O)[C@@H](c1nc(-c2cc(F)ccc2F)cn1Cc1ccccc1)C1CCOCC1. The summed E-state index contributed by atoms with van der Waals surface area (Å²) in [4.78, 5) is 99.3. The minimum Gasteiger partial charge on any atom is -0.453 e. The van der Waals surface area contributed by atoms with Gasteiger partial charge in [0.05, 0.1) is 18.3 Å². The number of halogens is 2. The van der Waals surface area contributed by atoms with Gasteiger partial charge in [-0.2, -0.15) is 0 Å². The summed E-state index contributed by atoms with van der Waals surface area (Å²) in [7, 11) is 0. The molecule has 0 radical (unpaired) electrons. The number of aromatic nitrogens is 2. The van der Waals surface area contributed by atoms with Gasteiger partial charge in [0.15, 0.2) is 6.10 Å². The van der Waals surface area contributed by atoms with Gasteiger partial charge in [0.1, 0.15) is 29.2 Å². The first kappa shape index (κ1) is 49.7. The Hall–Kier alpha value is -6.70. The number of hydrogen-bond acceptors (Lipinski definition) is 12. The number of imidazole rings is 1. The average molecular weight is 934 g/mol. The summed E-state index contributed by atoms with van der Waals surface area (Å²) in [6.07, 6.45) is 0.653. The van der Waals surface area contributed by atoms with Crippen LogP contribution in [0.5, 0.6) is 0 Å². The van der Waals surface area contributed by atoms with E-state index in [9.17, 15) is 38.0 Å². The van der Waals surface area contributed by atoms with Crippen LogP contribution in [0.2, 0.25) is 0 Å². The maximum Gasteiger partial charge on any atom is 0.410 e. The molecule has 0 bridgehead atoms. The molecule has 3 aliphatic heterocycles. The van der Waals surface area contributed by atoms with Crippen LogP contribution in [0, 0.1) is 23.5 Å². The first-order valence-electron chi connectivity index (χ1n) is 22.2. The maximum atomic E-state index is 15.5. The summed E-state index contributed by atoms with van der Waals surface area (Å²) >= 11 is 0. The van der Waals surface area contributed by atoms with Crippen LogP contribution >= 0.6 is 0 Å². The second-order valence-corrected chi connectivity index (χ2v) is 17.6. The van der Waals surface area contributed by atoms with Gasteiger partial charge in [-0.05, 0) is 70.2 Å². The number of likely N-dealkylation sites (tertiary alicyclic amines) is 1. The molecule has 4 heterocycles. The number of carbonyl (C=O) groups is 7. The predicted octanol–water partition coefficient (Wildman–Crippen LogP) is 4.52. The summed E-state index contributed by atoms with van der Waals surface area (Å²) < 4.78 is 54.8. The number of nitrogens with one attached hydrogen (secondary N) is 2. The number of ether oxygens (including phenoxy) is 4. The highest BCUT2D eigenvalue weighted by atomic mass is 19.1. The zero-order chi connectivity index (χ0) is 48.4. The van der Waals surface area contributed by atoms with E-state index in [2.05, 4.69) is 10.6 Å². The Labute approximate surface area is 386 Å². The molecule has 3 aliphatic rings. The Morgan fingerprint density at radius 2 is 1.66 bits per heavy atom. The average Bonchev–Trinajstić information content (AvgIpc) is 3.97. The largest absolute Gasteiger partial charge is 0.453 e. The lowest BCUT2D eigenvalue weighted by atomic mass is 9.88. The molecule has 67 heavy (non-hydrogen) atoms. The smallest absolute Gasteiger partial charge is 0.410 e. The van der Waals surface area contributed by atoms with Crippen LogP contribution in [0.4, 0.5) is 18.4 Å². The highest BCUT2D eigenvalue weighted by Gasteiger charge is 2.45. The Balaban J connectivity index is 1.32. The molecule has 18 nitrogen and oxygen atoms in total. The van der Waals surface area contributed by atoms with Crippen molar-refractivity contribution in [1.82, 2.24) is 34.9 Å². The highest BCUT2D eigenvalue weighted by molar-refractivity contribution is 6.12. The Morgan fingerprint density at radius 1 is 0.955 bits per heavy atom. The van der Waals surface area contributed by atoms with Gasteiger partial charge in [-0.15, -0.1) is 0 Å². The van der Waals surface area contributed by atoms with Crippen LogP contribution in [0.25, 0.3) is 11.3 Å². The van der Waals surface area contributed by atoms with E-state index in [0.717, 1.165) is 40.8 Å². The van der Waals surface area contributed by atoms with Crippen molar-refractivity contribution in [2.45, 2.75) is 84.3 Å². The molecule has 6 amide bonds. The van der Waals surface area contributed by atoms with E-state index in [1.54, 1.807) is 31.5 Å². The molecule has 1 aromatic heterocycles. The topological polar surface area (TPSA) is 208 Å². The van der Waals surface area contributed by atoms with Gasteiger partial charge >= 0.3 is 18.2 Å². The zero-order valence-corrected chi connectivity index (χ0v) is 38.2. The number of hydrogen-bond donors (Lipinski definition) is 2. The zero-order valence-electron chi connectivity index (χ0n) is 38.2. The Morgan fingerprint density at radius 3 is 2.33 bits per heavy atom. The molecule has 6 rings (SSSR count). The van der Waals surface area contributed by atoms with Crippen molar-refractivity contribution in [3.63, 3.8) is 0 Å². The van der Waals surface area contributed by atoms with Crippen molar-refractivity contribution >= 4 is 41.8 Å². The highest BCUT2D eigenvalue weighted by Crippen LogP contribution is 2.39. The molecule has 0 aliphatic carbocycles. The van der Waals surface area contributed by atoms with Gasteiger partial charge in [-0.1, -0.05) is 30.3 Å².